The molecule has 9 heteroatoms. The first kappa shape index (κ1) is 16.3. The molecule has 2 bridgehead atoms. The molecule has 0 radical (unpaired) electrons. The highest BCUT2D eigenvalue weighted by molar-refractivity contribution is 6.10. The van der Waals surface area contributed by atoms with Crippen LogP contribution in [0.2, 0.25) is 0 Å². The van der Waals surface area contributed by atoms with Crippen LogP contribution >= 0.6 is 0 Å². The van der Waals surface area contributed by atoms with Crippen LogP contribution in [0.3, 0.4) is 0 Å². The van der Waals surface area contributed by atoms with Crippen LogP contribution in [0, 0.1) is 11.8 Å². The zero-order chi connectivity index (χ0) is 19.8. The Kier molecular flexibility index (Phi) is 3.08. The van der Waals surface area contributed by atoms with Gasteiger partial charge >= 0.3 is 0 Å². The van der Waals surface area contributed by atoms with Crippen molar-refractivity contribution >= 4 is 17.6 Å². The van der Waals surface area contributed by atoms with Gasteiger partial charge < -0.3 is 5.32 Å². The highest BCUT2D eigenvalue weighted by Gasteiger charge is 2.90. The Morgan fingerprint density at radius 1 is 1.17 bits per heavy atom. The average Bonchev–Trinajstić information content (AvgIpc) is 3.60. The predicted octanol–water partition coefficient (Wildman–Crippen LogP) is 0.605. The van der Waals surface area contributed by atoms with E-state index in [2.05, 4.69) is 25.6 Å². The van der Waals surface area contributed by atoms with Gasteiger partial charge in [0.2, 0.25) is 0 Å². The quantitative estimate of drug-likeness (QED) is 0.703. The molecule has 1 N–H and O–H groups in total. The van der Waals surface area contributed by atoms with Gasteiger partial charge in [0, 0.05) is 37.2 Å². The summed E-state index contributed by atoms with van der Waals surface area (Å²) in [5, 5.41) is 11.0. The van der Waals surface area contributed by atoms with Gasteiger partial charge in [-0.25, -0.2) is 9.67 Å². The molecule has 2 amide bonds. The maximum Gasteiger partial charge on any atom is 0.274 e. The van der Waals surface area contributed by atoms with Crippen molar-refractivity contribution in [2.75, 3.05) is 11.9 Å². The zero-order valence-corrected chi connectivity index (χ0v) is 15.6. The summed E-state index contributed by atoms with van der Waals surface area (Å²) in [6.45, 7) is 0.522. The summed E-state index contributed by atoms with van der Waals surface area (Å²) in [6, 6.07) is 9.81. The lowest BCUT2D eigenvalue weighted by atomic mass is 9.95. The number of carbonyl (C=O) groups is 2. The second-order valence-electron chi connectivity index (χ2n) is 7.82. The normalized spacial score (nSPS) is 28.2. The first-order valence-electron chi connectivity index (χ1n) is 9.47. The van der Waals surface area contributed by atoms with Crippen LogP contribution in [0.1, 0.15) is 27.7 Å². The standard InChI is InChI=1S/C20H17N7O2/c1-26-17-16(21-7-8-22-17)13-14-15(13)20(14,19(26)29)23-18(28)12-10-27(25-24-12)9-11-5-3-2-4-6-11/h2-8,10,13-15H,9H2,1H3,(H,23,28)/t13-,14+,15?,20-/m0/s1. The summed E-state index contributed by atoms with van der Waals surface area (Å²) >= 11 is 0. The lowest BCUT2D eigenvalue weighted by Gasteiger charge is -2.25. The van der Waals surface area contributed by atoms with Gasteiger partial charge in [0.15, 0.2) is 11.5 Å². The van der Waals surface area contributed by atoms with E-state index >= 15 is 0 Å². The van der Waals surface area contributed by atoms with E-state index in [1.807, 2.05) is 30.3 Å². The van der Waals surface area contributed by atoms with Crippen molar-refractivity contribution in [2.45, 2.75) is 18.0 Å². The molecule has 4 aliphatic rings. The number of aromatic nitrogens is 5. The second kappa shape index (κ2) is 5.47. The zero-order valence-electron chi connectivity index (χ0n) is 15.6. The third-order valence-electron chi connectivity index (χ3n) is 6.24. The molecule has 2 aliphatic carbocycles. The Morgan fingerprint density at radius 2 is 1.93 bits per heavy atom. The number of benzene rings is 1. The van der Waals surface area contributed by atoms with Crippen LogP contribution in [-0.4, -0.2) is 49.4 Å². The molecule has 4 atom stereocenters. The highest BCUT2D eigenvalue weighted by atomic mass is 16.2. The Morgan fingerprint density at radius 3 is 2.72 bits per heavy atom. The number of hydrogen-bond acceptors (Lipinski definition) is 6. The van der Waals surface area contributed by atoms with E-state index in [-0.39, 0.29) is 35.3 Å². The lowest BCUT2D eigenvalue weighted by Crippen LogP contribution is -2.54. The largest absolute Gasteiger partial charge is 0.336 e. The van der Waals surface area contributed by atoms with Crippen LogP contribution in [0.25, 0.3) is 0 Å². The van der Waals surface area contributed by atoms with Crippen molar-refractivity contribution < 1.29 is 9.59 Å². The molecule has 29 heavy (non-hydrogen) atoms. The number of likely N-dealkylation sites (N-methyl/N-ethyl adjacent to an activating group) is 1. The fraction of sp³-hybridized carbons (Fsp3) is 0.300. The van der Waals surface area contributed by atoms with E-state index in [4.69, 9.17) is 0 Å². The van der Waals surface area contributed by atoms with E-state index in [0.29, 0.717) is 12.4 Å². The smallest absolute Gasteiger partial charge is 0.274 e. The molecule has 4 heterocycles. The fourth-order valence-electron chi connectivity index (χ4n) is 4.76. The number of rotatable bonds is 4. The van der Waals surface area contributed by atoms with Gasteiger partial charge in [-0.1, -0.05) is 35.5 Å². The maximum absolute atomic E-state index is 13.1. The first-order valence-corrected chi connectivity index (χ1v) is 9.47. The number of amides is 2. The third-order valence-corrected chi connectivity index (χ3v) is 6.24. The van der Waals surface area contributed by atoms with Crippen LogP contribution in [0.5, 0.6) is 0 Å². The molecule has 0 saturated heterocycles. The molecule has 1 unspecified atom stereocenters. The summed E-state index contributed by atoms with van der Waals surface area (Å²) in [6.07, 6.45) is 4.83. The molecule has 2 aliphatic heterocycles. The molecule has 2 aromatic heterocycles. The SMILES string of the molecule is CN1C(=O)[C@@]2(NC(=O)c3cn(Cc4ccccc4)nn3)C3[C@@H](c4nccnc41)[C@H]32. The molecular weight excluding hydrogens is 370 g/mol. The molecule has 9 nitrogen and oxygen atoms in total. The number of nitrogens with zero attached hydrogens (tertiary/aromatic N) is 6. The van der Waals surface area contributed by atoms with Crippen LogP contribution in [0.4, 0.5) is 5.82 Å². The lowest BCUT2D eigenvalue weighted by molar-refractivity contribution is -0.122. The Balaban J connectivity index is 1.22. The van der Waals surface area contributed by atoms with Crippen LogP contribution in [0.15, 0.2) is 48.9 Å². The van der Waals surface area contributed by atoms with Gasteiger partial charge in [0.05, 0.1) is 18.4 Å². The summed E-state index contributed by atoms with van der Waals surface area (Å²) in [5.41, 5.74) is 1.23. The van der Waals surface area contributed by atoms with E-state index in [1.54, 1.807) is 30.3 Å². The maximum atomic E-state index is 13.1. The minimum absolute atomic E-state index is 0.0821. The first-order chi connectivity index (χ1) is 14.1. The Labute approximate surface area is 165 Å². The predicted molar refractivity (Wildman–Crippen MR) is 101 cm³/mol. The van der Waals surface area contributed by atoms with Crippen molar-refractivity contribution in [1.29, 1.82) is 0 Å². The van der Waals surface area contributed by atoms with Crippen molar-refractivity contribution in [1.82, 2.24) is 30.3 Å². The van der Waals surface area contributed by atoms with Gasteiger partial charge in [-0.2, -0.15) is 0 Å². The number of fused-ring (bicyclic) bond motifs is 1. The van der Waals surface area contributed by atoms with Crippen molar-refractivity contribution in [3.8, 4) is 0 Å². The monoisotopic (exact) mass is 387 g/mol. The van der Waals surface area contributed by atoms with Crippen molar-refractivity contribution in [3.63, 3.8) is 0 Å². The van der Waals surface area contributed by atoms with E-state index < -0.39 is 5.54 Å². The van der Waals surface area contributed by atoms with Crippen molar-refractivity contribution in [2.24, 2.45) is 11.8 Å². The third kappa shape index (κ3) is 2.15. The van der Waals surface area contributed by atoms with Gasteiger partial charge in [0.25, 0.3) is 11.8 Å². The minimum Gasteiger partial charge on any atom is -0.336 e. The van der Waals surface area contributed by atoms with Gasteiger partial charge in [-0.05, 0) is 5.56 Å². The highest BCUT2D eigenvalue weighted by Crippen LogP contribution is 2.81. The van der Waals surface area contributed by atoms with Gasteiger partial charge in [0.1, 0.15) is 5.54 Å². The number of anilines is 1. The van der Waals surface area contributed by atoms with Crippen LogP contribution in [-0.2, 0) is 11.3 Å². The molecule has 2 saturated carbocycles. The second-order valence-corrected chi connectivity index (χ2v) is 7.82. The topological polar surface area (TPSA) is 106 Å². The number of carbonyl (C=O) groups excluding carboxylic acids is 2. The van der Waals surface area contributed by atoms with Crippen molar-refractivity contribution in [3.05, 3.63) is 65.9 Å². The molecular formula is C20H17N7O2. The Hall–Kier alpha value is -3.62. The number of hydrogen-bond donors (Lipinski definition) is 1. The minimum atomic E-state index is -0.873. The summed E-state index contributed by atoms with van der Waals surface area (Å²) in [7, 11) is 1.68. The fourth-order valence-corrected chi connectivity index (χ4v) is 4.76. The molecule has 7 rings (SSSR count). The summed E-state index contributed by atoms with van der Waals surface area (Å²) in [5.74, 6) is 0.397. The molecule has 3 aromatic rings. The summed E-state index contributed by atoms with van der Waals surface area (Å²) < 4.78 is 1.61. The van der Waals surface area contributed by atoms with E-state index in [9.17, 15) is 9.59 Å². The molecule has 2 fully saturated rings. The molecule has 144 valence electrons. The molecule has 0 spiro atoms. The van der Waals surface area contributed by atoms with Crippen LogP contribution < -0.4 is 10.2 Å². The molecule has 1 aromatic carbocycles. The average molecular weight is 387 g/mol. The summed E-state index contributed by atoms with van der Waals surface area (Å²) in [4.78, 5) is 36.2. The Bertz CT molecular complexity index is 1150. The number of nitrogens with one attached hydrogen (secondary N) is 1. The van der Waals surface area contributed by atoms with E-state index in [1.165, 1.54) is 4.90 Å². The van der Waals surface area contributed by atoms with Gasteiger partial charge in [-0.15, -0.1) is 5.10 Å². The van der Waals surface area contributed by atoms with Gasteiger partial charge in [-0.3, -0.25) is 19.5 Å². The van der Waals surface area contributed by atoms with E-state index in [0.717, 1.165) is 11.3 Å².